The van der Waals surface area contributed by atoms with Gasteiger partial charge in [0.15, 0.2) is 0 Å². The lowest BCUT2D eigenvalue weighted by Gasteiger charge is -2.04. The Balaban J connectivity index is 2.65. The summed E-state index contributed by atoms with van der Waals surface area (Å²) in [4.78, 5) is 12.6. The molecule has 14 heavy (non-hydrogen) atoms. The first-order valence-corrected chi connectivity index (χ1v) is 5.30. The molecule has 0 bridgehead atoms. The fourth-order valence-corrected chi connectivity index (χ4v) is 1.99. The average molecular weight is 239 g/mol. The van der Waals surface area contributed by atoms with Crippen molar-refractivity contribution in [2.24, 2.45) is 0 Å². The maximum atomic E-state index is 12.3. The van der Waals surface area contributed by atoms with E-state index in [0.29, 0.717) is 4.88 Å². The number of rotatable bonds is 4. The van der Waals surface area contributed by atoms with Gasteiger partial charge in [0.25, 0.3) is 0 Å². The van der Waals surface area contributed by atoms with Crippen molar-refractivity contribution in [3.8, 4) is 0 Å². The van der Waals surface area contributed by atoms with Gasteiger partial charge in [0, 0.05) is 16.2 Å². The molecule has 1 aromatic rings. The Labute approximate surface area is 89.7 Å². The lowest BCUT2D eigenvalue weighted by atomic mass is 10.2. The van der Waals surface area contributed by atoms with Crippen LogP contribution >= 0.6 is 22.9 Å². The molecular formula is C9H9ClF2OS. The summed E-state index contributed by atoms with van der Waals surface area (Å²) in [6, 6.07) is 3.52. The molecule has 0 saturated heterocycles. The van der Waals surface area contributed by atoms with Gasteiger partial charge in [0.05, 0.1) is 0 Å². The summed E-state index contributed by atoms with van der Waals surface area (Å²) in [5.74, 6) is -1.25. The second-order valence-electron chi connectivity index (χ2n) is 2.82. The van der Waals surface area contributed by atoms with Gasteiger partial charge in [-0.2, -0.15) is 8.78 Å². The minimum Gasteiger partial charge on any atom is -0.291 e. The van der Waals surface area contributed by atoms with Crippen molar-refractivity contribution in [3.63, 3.8) is 0 Å². The van der Waals surface area contributed by atoms with Crippen LogP contribution in [0, 0.1) is 0 Å². The van der Waals surface area contributed by atoms with Crippen LogP contribution in [-0.4, -0.2) is 11.2 Å². The van der Waals surface area contributed by atoms with Gasteiger partial charge < -0.3 is 0 Å². The summed E-state index contributed by atoms with van der Waals surface area (Å²) in [6.07, 6.45) is 0.553. The summed E-state index contributed by atoms with van der Waals surface area (Å²) in [6.45, 7) is 1.97. The maximum absolute atomic E-state index is 12.3. The standard InChI is InChI=1S/C9H9ClF2OS/c1-2-6-3-4-7(14-6)5-8(13)9(10,11)12/h3-4H,2,5H2,1H3. The molecule has 5 heteroatoms. The third kappa shape index (κ3) is 3.03. The Morgan fingerprint density at radius 2 is 2.07 bits per heavy atom. The maximum Gasteiger partial charge on any atom is 0.380 e. The highest BCUT2D eigenvalue weighted by atomic mass is 35.5. The molecule has 0 aromatic carbocycles. The van der Waals surface area contributed by atoms with Crippen molar-refractivity contribution in [3.05, 3.63) is 21.9 Å². The molecule has 0 aliphatic heterocycles. The third-order valence-electron chi connectivity index (χ3n) is 1.72. The Kier molecular flexibility index (Phi) is 3.61. The van der Waals surface area contributed by atoms with E-state index in [-0.39, 0.29) is 6.42 Å². The Bertz CT molecular complexity index is 330. The van der Waals surface area contributed by atoms with E-state index < -0.39 is 11.2 Å². The van der Waals surface area contributed by atoms with Crippen LogP contribution in [0.25, 0.3) is 0 Å². The largest absolute Gasteiger partial charge is 0.380 e. The summed E-state index contributed by atoms with van der Waals surface area (Å²) < 4.78 is 24.6. The molecule has 0 N–H and O–H groups in total. The number of halogens is 3. The molecular weight excluding hydrogens is 230 g/mol. The van der Waals surface area contributed by atoms with Gasteiger partial charge in [-0.05, 0) is 30.2 Å². The Morgan fingerprint density at radius 3 is 2.50 bits per heavy atom. The Morgan fingerprint density at radius 1 is 1.50 bits per heavy atom. The normalized spacial score (nSPS) is 11.7. The molecule has 0 amide bonds. The molecule has 1 heterocycles. The van der Waals surface area contributed by atoms with Crippen molar-refractivity contribution in [1.29, 1.82) is 0 Å². The molecule has 0 aliphatic carbocycles. The van der Waals surface area contributed by atoms with Gasteiger partial charge in [-0.1, -0.05) is 6.92 Å². The van der Waals surface area contributed by atoms with Crippen LogP contribution in [0.1, 0.15) is 16.7 Å². The van der Waals surface area contributed by atoms with Gasteiger partial charge in [0.2, 0.25) is 5.78 Å². The minimum absolute atomic E-state index is 0.291. The van der Waals surface area contributed by atoms with Crippen molar-refractivity contribution in [1.82, 2.24) is 0 Å². The van der Waals surface area contributed by atoms with E-state index in [4.69, 9.17) is 0 Å². The number of carbonyl (C=O) groups excluding carboxylic acids is 1. The number of carbonyl (C=O) groups is 1. The van der Waals surface area contributed by atoms with E-state index in [9.17, 15) is 13.6 Å². The second kappa shape index (κ2) is 4.36. The predicted molar refractivity (Wildman–Crippen MR) is 53.2 cm³/mol. The lowest BCUT2D eigenvalue weighted by Crippen LogP contribution is -2.22. The van der Waals surface area contributed by atoms with Crippen molar-refractivity contribution in [2.45, 2.75) is 25.1 Å². The summed E-state index contributed by atoms with van der Waals surface area (Å²) in [5, 5.41) is -3.74. The van der Waals surface area contributed by atoms with Crippen LogP contribution in [0.3, 0.4) is 0 Å². The van der Waals surface area contributed by atoms with E-state index >= 15 is 0 Å². The summed E-state index contributed by atoms with van der Waals surface area (Å²) in [5.41, 5.74) is 0. The van der Waals surface area contributed by atoms with Crippen molar-refractivity contribution in [2.75, 3.05) is 0 Å². The zero-order valence-electron chi connectivity index (χ0n) is 7.52. The minimum atomic E-state index is -3.74. The van der Waals surface area contributed by atoms with Gasteiger partial charge in [-0.25, -0.2) is 0 Å². The van der Waals surface area contributed by atoms with E-state index in [1.54, 1.807) is 6.07 Å². The van der Waals surface area contributed by atoms with Gasteiger partial charge in [-0.15, -0.1) is 11.3 Å². The number of thiophene rings is 1. The highest BCUT2D eigenvalue weighted by molar-refractivity contribution is 7.12. The Hall–Kier alpha value is -0.480. The molecule has 1 rings (SSSR count). The quantitative estimate of drug-likeness (QED) is 0.736. The lowest BCUT2D eigenvalue weighted by molar-refractivity contribution is -0.132. The zero-order chi connectivity index (χ0) is 10.8. The number of aryl methyl sites for hydroxylation is 1. The first-order valence-electron chi connectivity index (χ1n) is 4.11. The predicted octanol–water partition coefficient (Wildman–Crippen LogP) is 3.25. The summed E-state index contributed by atoms with van der Waals surface area (Å²) >= 11 is 5.96. The summed E-state index contributed by atoms with van der Waals surface area (Å²) in [7, 11) is 0. The smallest absolute Gasteiger partial charge is 0.291 e. The zero-order valence-corrected chi connectivity index (χ0v) is 9.09. The molecule has 0 radical (unpaired) electrons. The van der Waals surface area contributed by atoms with Crippen molar-refractivity contribution < 1.29 is 13.6 Å². The molecule has 1 nitrogen and oxygen atoms in total. The number of ketones is 1. The first kappa shape index (κ1) is 11.6. The molecule has 78 valence electrons. The number of hydrogen-bond donors (Lipinski definition) is 0. The monoisotopic (exact) mass is 238 g/mol. The van der Waals surface area contributed by atoms with E-state index in [1.165, 1.54) is 11.3 Å². The molecule has 1 aromatic heterocycles. The average Bonchev–Trinajstić information content (AvgIpc) is 2.50. The van der Waals surface area contributed by atoms with Crippen LogP contribution in [-0.2, 0) is 17.6 Å². The van der Waals surface area contributed by atoms with E-state index in [0.717, 1.165) is 11.3 Å². The second-order valence-corrected chi connectivity index (χ2v) is 4.55. The van der Waals surface area contributed by atoms with Crippen LogP contribution < -0.4 is 0 Å². The van der Waals surface area contributed by atoms with Crippen molar-refractivity contribution >= 4 is 28.7 Å². The fourth-order valence-electron chi connectivity index (χ4n) is 0.966. The topological polar surface area (TPSA) is 17.1 Å². The van der Waals surface area contributed by atoms with Crippen LogP contribution in [0.15, 0.2) is 12.1 Å². The SMILES string of the molecule is CCc1ccc(CC(=O)C(F)(F)Cl)s1. The molecule has 0 spiro atoms. The van der Waals surface area contributed by atoms with Gasteiger partial charge >= 0.3 is 5.38 Å². The van der Waals surface area contributed by atoms with Gasteiger partial charge in [0.1, 0.15) is 0 Å². The molecule has 0 saturated carbocycles. The fraction of sp³-hybridized carbons (Fsp3) is 0.444. The van der Waals surface area contributed by atoms with Crippen LogP contribution in [0.4, 0.5) is 8.78 Å². The first-order chi connectivity index (χ1) is 6.43. The number of hydrogen-bond acceptors (Lipinski definition) is 2. The molecule has 0 atom stereocenters. The third-order valence-corrected chi connectivity index (χ3v) is 3.16. The molecule has 0 fully saturated rings. The molecule has 0 aliphatic rings. The van der Waals surface area contributed by atoms with E-state index in [2.05, 4.69) is 11.6 Å². The number of alkyl halides is 3. The van der Waals surface area contributed by atoms with Crippen LogP contribution in [0.5, 0.6) is 0 Å². The molecule has 0 unspecified atom stereocenters. The highest BCUT2D eigenvalue weighted by Crippen LogP contribution is 2.24. The number of Topliss-reactive ketones (excluding diaryl/α,β-unsaturated/α-hetero) is 1. The van der Waals surface area contributed by atoms with E-state index in [1.807, 2.05) is 13.0 Å². The highest BCUT2D eigenvalue weighted by Gasteiger charge is 2.35. The van der Waals surface area contributed by atoms with Gasteiger partial charge in [-0.3, -0.25) is 4.79 Å². The van der Waals surface area contributed by atoms with Crippen LogP contribution in [0.2, 0.25) is 0 Å².